The number of halogens is 6. The summed E-state index contributed by atoms with van der Waals surface area (Å²) in [5, 5.41) is 0. The quantitative estimate of drug-likeness (QED) is 0.510. The molecule has 1 rings (SSSR count). The maximum Gasteiger partial charge on any atom is 0.441 e. The molecule has 0 aliphatic carbocycles. The molecule has 0 saturated heterocycles. The van der Waals surface area contributed by atoms with E-state index in [2.05, 4.69) is 0 Å². The largest absolute Gasteiger partial charge is 0.441 e. The Bertz CT molecular complexity index is 388. The van der Waals surface area contributed by atoms with Crippen molar-refractivity contribution in [2.75, 3.05) is 17.5 Å². The Balaban J connectivity index is 2.82. The smallest absolute Gasteiger partial charge is 0.207 e. The van der Waals surface area contributed by atoms with E-state index < -0.39 is 16.7 Å². The van der Waals surface area contributed by atoms with Gasteiger partial charge in [-0.1, -0.05) is 23.9 Å². The van der Waals surface area contributed by atoms with E-state index >= 15 is 0 Å². The normalized spacial score (nSPS) is 12.7. The summed E-state index contributed by atoms with van der Waals surface area (Å²) in [4.78, 5) is 0. The lowest BCUT2D eigenvalue weighted by atomic mass is 9.82. The molecule has 7 heteroatoms. The number of hydrogen-bond acceptors (Lipinski definition) is 1. The van der Waals surface area contributed by atoms with Gasteiger partial charge in [0.2, 0.25) is 0 Å². The van der Waals surface area contributed by atoms with Gasteiger partial charge in [-0.05, 0) is 24.1 Å². The van der Waals surface area contributed by atoms with Crippen LogP contribution in [0, 0.1) is 5.82 Å². The van der Waals surface area contributed by atoms with Crippen LogP contribution in [0.25, 0.3) is 0 Å². The first-order valence-electron chi connectivity index (χ1n) is 5.42. The molecule has 0 nitrogen and oxygen atoms in total. The third-order valence-corrected chi connectivity index (χ3v) is 4.57. The Hall–Kier alpha value is -0.130. The number of thioether (sulfide) groups is 1. The number of rotatable bonds is 6. The van der Waals surface area contributed by atoms with E-state index in [1.165, 1.54) is 24.3 Å². The average molecular weight is 335 g/mol. The third-order valence-electron chi connectivity index (χ3n) is 2.81. The second kappa shape index (κ2) is 7.04. The van der Waals surface area contributed by atoms with Crippen molar-refractivity contribution < 1.29 is 17.6 Å². The first kappa shape index (κ1) is 16.9. The molecule has 0 heterocycles. The lowest BCUT2D eigenvalue weighted by Crippen LogP contribution is -2.31. The fraction of sp³-hybridized carbons (Fsp3) is 0.500. The topological polar surface area (TPSA) is 0 Å². The van der Waals surface area contributed by atoms with Gasteiger partial charge in [-0.2, -0.15) is 13.2 Å². The summed E-state index contributed by atoms with van der Waals surface area (Å²) in [5.74, 6) is -0.382. The highest BCUT2D eigenvalue weighted by Gasteiger charge is 2.34. The van der Waals surface area contributed by atoms with Crippen LogP contribution in [0.15, 0.2) is 24.3 Å². The zero-order chi connectivity index (χ0) is 14.5. The van der Waals surface area contributed by atoms with Gasteiger partial charge in [-0.25, -0.2) is 4.39 Å². The van der Waals surface area contributed by atoms with E-state index in [4.69, 9.17) is 23.2 Å². The molecule has 0 atom stereocenters. The fourth-order valence-electron chi connectivity index (χ4n) is 1.63. The van der Waals surface area contributed by atoms with Crippen LogP contribution >= 0.6 is 35.0 Å². The minimum Gasteiger partial charge on any atom is -0.207 e. The maximum atomic E-state index is 12.9. The zero-order valence-corrected chi connectivity index (χ0v) is 12.1. The van der Waals surface area contributed by atoms with E-state index in [1.807, 2.05) is 0 Å². The summed E-state index contributed by atoms with van der Waals surface area (Å²) in [6.07, 6.45) is 0.176. The second-order valence-corrected chi connectivity index (χ2v) is 5.79. The van der Waals surface area contributed by atoms with Gasteiger partial charge >= 0.3 is 5.51 Å². The van der Waals surface area contributed by atoms with Crippen LogP contribution < -0.4 is 0 Å². The van der Waals surface area contributed by atoms with Crippen molar-refractivity contribution >= 4 is 35.0 Å². The molecule has 0 unspecified atom stereocenters. The first-order chi connectivity index (χ1) is 8.83. The van der Waals surface area contributed by atoms with Crippen molar-refractivity contribution in [3.63, 3.8) is 0 Å². The second-order valence-electron chi connectivity index (χ2n) is 4.10. The van der Waals surface area contributed by atoms with Gasteiger partial charge in [0.05, 0.1) is 0 Å². The Morgan fingerprint density at radius 1 is 1.00 bits per heavy atom. The number of benzene rings is 1. The summed E-state index contributed by atoms with van der Waals surface area (Å²) in [6, 6.07) is 5.52. The highest BCUT2D eigenvalue weighted by molar-refractivity contribution is 8.00. The van der Waals surface area contributed by atoms with Crippen molar-refractivity contribution in [3.05, 3.63) is 35.6 Å². The molecule has 19 heavy (non-hydrogen) atoms. The standard InChI is InChI=1S/C12H12Cl2F4S/c13-7-11(8-14,5-6-19-12(16,17)18)9-1-3-10(15)4-2-9/h1-4H,5-8H2. The van der Waals surface area contributed by atoms with Crippen molar-refractivity contribution in [2.45, 2.75) is 17.3 Å². The molecule has 0 N–H and O–H groups in total. The average Bonchev–Trinajstić information content (AvgIpc) is 2.35. The molecular formula is C12H12Cl2F4S. The van der Waals surface area contributed by atoms with Crippen LogP contribution in [0.1, 0.15) is 12.0 Å². The van der Waals surface area contributed by atoms with Gasteiger partial charge in [0.15, 0.2) is 0 Å². The van der Waals surface area contributed by atoms with Gasteiger partial charge in [0, 0.05) is 22.9 Å². The Morgan fingerprint density at radius 2 is 1.53 bits per heavy atom. The molecule has 0 radical (unpaired) electrons. The first-order valence-corrected chi connectivity index (χ1v) is 7.47. The highest BCUT2D eigenvalue weighted by atomic mass is 35.5. The predicted octanol–water partition coefficient (Wildman–Crippen LogP) is 5.18. The van der Waals surface area contributed by atoms with Gasteiger partial charge in [0.25, 0.3) is 0 Å². The van der Waals surface area contributed by atoms with Crippen LogP contribution in [0.2, 0.25) is 0 Å². The summed E-state index contributed by atoms with van der Waals surface area (Å²) in [7, 11) is 0. The van der Waals surface area contributed by atoms with E-state index in [-0.39, 0.29) is 35.7 Å². The van der Waals surface area contributed by atoms with Crippen LogP contribution in [0.4, 0.5) is 17.6 Å². The van der Waals surface area contributed by atoms with Crippen molar-refractivity contribution in [3.8, 4) is 0 Å². The molecule has 0 bridgehead atoms. The molecule has 0 aliphatic heterocycles. The number of hydrogen-bond donors (Lipinski definition) is 0. The zero-order valence-electron chi connectivity index (χ0n) is 9.81. The Labute approximate surface area is 123 Å². The van der Waals surface area contributed by atoms with Crippen molar-refractivity contribution in [1.29, 1.82) is 0 Å². The summed E-state index contributed by atoms with van der Waals surface area (Å²) in [6.45, 7) is 0. The third kappa shape index (κ3) is 5.04. The number of alkyl halides is 5. The molecule has 0 amide bonds. The Kier molecular flexibility index (Phi) is 6.27. The van der Waals surface area contributed by atoms with Crippen molar-refractivity contribution in [1.82, 2.24) is 0 Å². The molecule has 1 aromatic rings. The lowest BCUT2D eigenvalue weighted by Gasteiger charge is -2.30. The summed E-state index contributed by atoms with van der Waals surface area (Å²) < 4.78 is 49.3. The van der Waals surface area contributed by atoms with E-state index in [0.717, 1.165) is 0 Å². The van der Waals surface area contributed by atoms with E-state index in [1.54, 1.807) is 0 Å². The SMILES string of the molecule is Fc1ccc(C(CCl)(CCl)CCSC(F)(F)F)cc1. The minimum atomic E-state index is -4.27. The van der Waals surface area contributed by atoms with Gasteiger partial charge < -0.3 is 0 Å². The Morgan fingerprint density at radius 3 is 1.95 bits per heavy atom. The molecule has 1 aromatic carbocycles. The monoisotopic (exact) mass is 334 g/mol. The molecule has 0 aromatic heterocycles. The molecule has 108 valence electrons. The predicted molar refractivity (Wildman–Crippen MR) is 72.6 cm³/mol. The molecule has 0 aliphatic rings. The lowest BCUT2D eigenvalue weighted by molar-refractivity contribution is -0.0328. The van der Waals surface area contributed by atoms with E-state index in [9.17, 15) is 17.6 Å². The minimum absolute atomic E-state index is 0.0839. The van der Waals surface area contributed by atoms with Gasteiger partial charge in [-0.3, -0.25) is 0 Å². The van der Waals surface area contributed by atoms with Crippen molar-refractivity contribution in [2.24, 2.45) is 0 Å². The summed E-state index contributed by atoms with van der Waals surface area (Å²) in [5.41, 5.74) is -4.39. The molecule has 0 spiro atoms. The van der Waals surface area contributed by atoms with Gasteiger partial charge in [-0.15, -0.1) is 23.2 Å². The highest BCUT2D eigenvalue weighted by Crippen LogP contribution is 2.37. The molecule has 0 fully saturated rings. The van der Waals surface area contributed by atoms with Gasteiger partial charge in [0.1, 0.15) is 5.82 Å². The van der Waals surface area contributed by atoms with Crippen LogP contribution in [0.3, 0.4) is 0 Å². The van der Waals surface area contributed by atoms with E-state index in [0.29, 0.717) is 5.56 Å². The fourth-order valence-corrected chi connectivity index (χ4v) is 3.22. The summed E-state index contributed by atoms with van der Waals surface area (Å²) >= 11 is 11.7. The molecule has 0 saturated carbocycles. The molecular weight excluding hydrogens is 323 g/mol. The van der Waals surface area contributed by atoms with Crippen LogP contribution in [0.5, 0.6) is 0 Å². The maximum absolute atomic E-state index is 12.9. The van der Waals surface area contributed by atoms with Crippen LogP contribution in [-0.4, -0.2) is 23.0 Å². The van der Waals surface area contributed by atoms with Crippen LogP contribution in [-0.2, 0) is 5.41 Å².